The standard InChI is InChI=1S/C21H14ClFN6O/c1-28-10-25-18-15(22)6-12(7-16(18)28)19-17(11-2-4-13(23)5-3-11)27-20(24)21-26-14(9-30)8-29(19)21/h2-10H,1H3,(H2,24,27). The third kappa shape index (κ3) is 2.73. The molecule has 5 rings (SSSR count). The van der Waals surface area contributed by atoms with Crippen LogP contribution < -0.4 is 5.73 Å². The van der Waals surface area contributed by atoms with Gasteiger partial charge in [0, 0.05) is 24.4 Å². The van der Waals surface area contributed by atoms with E-state index in [-0.39, 0.29) is 17.3 Å². The number of nitrogens with zero attached hydrogens (tertiary/aromatic N) is 5. The molecule has 0 radical (unpaired) electrons. The minimum Gasteiger partial charge on any atom is -0.381 e. The van der Waals surface area contributed by atoms with E-state index in [9.17, 15) is 9.18 Å². The third-order valence-corrected chi connectivity index (χ3v) is 5.23. The lowest BCUT2D eigenvalue weighted by Crippen LogP contribution is -2.04. The van der Waals surface area contributed by atoms with Crippen molar-refractivity contribution in [2.45, 2.75) is 0 Å². The molecule has 7 nitrogen and oxygen atoms in total. The molecule has 0 spiro atoms. The van der Waals surface area contributed by atoms with Gasteiger partial charge in [-0.3, -0.25) is 9.20 Å². The summed E-state index contributed by atoms with van der Waals surface area (Å²) in [6, 6.07) is 9.64. The van der Waals surface area contributed by atoms with E-state index < -0.39 is 0 Å². The summed E-state index contributed by atoms with van der Waals surface area (Å²) >= 11 is 6.51. The Morgan fingerprint density at radius 1 is 1.13 bits per heavy atom. The van der Waals surface area contributed by atoms with Gasteiger partial charge in [-0.05, 0) is 36.4 Å². The predicted octanol–water partition coefficient (Wildman–Crippen LogP) is 4.14. The van der Waals surface area contributed by atoms with Gasteiger partial charge in [0.05, 0.1) is 28.3 Å². The first-order valence-corrected chi connectivity index (χ1v) is 9.34. The summed E-state index contributed by atoms with van der Waals surface area (Å²) in [6.07, 6.45) is 3.91. The molecule has 2 aromatic carbocycles. The van der Waals surface area contributed by atoms with Crippen molar-refractivity contribution in [3.8, 4) is 22.5 Å². The predicted molar refractivity (Wildman–Crippen MR) is 113 cm³/mol. The Bertz CT molecular complexity index is 1450. The molecule has 0 amide bonds. The van der Waals surface area contributed by atoms with Gasteiger partial charge in [0.25, 0.3) is 0 Å². The molecule has 148 valence electrons. The number of hydrogen-bond acceptors (Lipinski definition) is 5. The van der Waals surface area contributed by atoms with E-state index in [0.29, 0.717) is 39.4 Å². The number of nitrogens with two attached hydrogens (primary N) is 1. The van der Waals surface area contributed by atoms with E-state index in [1.807, 2.05) is 17.7 Å². The van der Waals surface area contributed by atoms with E-state index in [2.05, 4.69) is 15.0 Å². The Morgan fingerprint density at radius 3 is 2.63 bits per heavy atom. The number of hydrogen-bond donors (Lipinski definition) is 1. The lowest BCUT2D eigenvalue weighted by molar-refractivity contribution is 0.111. The normalized spacial score (nSPS) is 11.4. The summed E-state index contributed by atoms with van der Waals surface area (Å²) in [5.41, 5.74) is 10.7. The minimum absolute atomic E-state index is 0.152. The summed E-state index contributed by atoms with van der Waals surface area (Å²) in [4.78, 5) is 24.5. The van der Waals surface area contributed by atoms with Crippen LogP contribution in [0.15, 0.2) is 48.9 Å². The first kappa shape index (κ1) is 18.3. The lowest BCUT2D eigenvalue weighted by Gasteiger charge is -2.14. The number of aryl methyl sites for hydroxylation is 1. The number of carbonyl (C=O) groups excluding carboxylic acids is 1. The van der Waals surface area contributed by atoms with E-state index in [4.69, 9.17) is 17.3 Å². The Morgan fingerprint density at radius 2 is 1.90 bits per heavy atom. The van der Waals surface area contributed by atoms with Crippen molar-refractivity contribution in [1.29, 1.82) is 0 Å². The first-order chi connectivity index (χ1) is 14.5. The maximum Gasteiger partial charge on any atom is 0.181 e. The van der Waals surface area contributed by atoms with Gasteiger partial charge in [0.1, 0.15) is 17.0 Å². The zero-order valence-electron chi connectivity index (χ0n) is 15.7. The fourth-order valence-corrected chi connectivity index (χ4v) is 3.82. The summed E-state index contributed by atoms with van der Waals surface area (Å²) in [7, 11) is 1.87. The Balaban J connectivity index is 1.91. The molecule has 0 bridgehead atoms. The minimum atomic E-state index is -0.362. The number of anilines is 1. The van der Waals surface area contributed by atoms with E-state index >= 15 is 0 Å². The van der Waals surface area contributed by atoms with Crippen LogP contribution in [0.2, 0.25) is 5.02 Å². The number of aromatic nitrogens is 5. The van der Waals surface area contributed by atoms with Crippen molar-refractivity contribution in [2.75, 3.05) is 5.73 Å². The first-order valence-electron chi connectivity index (χ1n) is 8.97. The molecule has 0 aliphatic carbocycles. The topological polar surface area (TPSA) is 91.1 Å². The van der Waals surface area contributed by atoms with Crippen LogP contribution in [0, 0.1) is 5.82 Å². The SMILES string of the molecule is Cn1cnc2c(Cl)cc(-c3c(-c4ccc(F)cc4)nc(N)c4nc(C=O)cn34)cc21. The van der Waals surface area contributed by atoms with Crippen LogP contribution in [0.3, 0.4) is 0 Å². The molecule has 0 aliphatic rings. The number of nitrogen functional groups attached to an aromatic ring is 1. The summed E-state index contributed by atoms with van der Waals surface area (Å²) in [5, 5.41) is 0.467. The van der Waals surface area contributed by atoms with Gasteiger partial charge >= 0.3 is 0 Å². The maximum absolute atomic E-state index is 13.5. The van der Waals surface area contributed by atoms with E-state index in [0.717, 1.165) is 11.1 Å². The van der Waals surface area contributed by atoms with Gasteiger partial charge in [-0.25, -0.2) is 19.3 Å². The second kappa shape index (κ2) is 6.64. The largest absolute Gasteiger partial charge is 0.381 e. The van der Waals surface area contributed by atoms with E-state index in [1.165, 1.54) is 12.1 Å². The Kier molecular flexibility index (Phi) is 4.04. The van der Waals surface area contributed by atoms with Crippen LogP contribution in [0.5, 0.6) is 0 Å². The number of rotatable bonds is 3. The van der Waals surface area contributed by atoms with Crippen molar-refractivity contribution >= 4 is 40.4 Å². The van der Waals surface area contributed by atoms with Crippen LogP contribution in [-0.2, 0) is 7.05 Å². The summed E-state index contributed by atoms with van der Waals surface area (Å²) in [5.74, 6) is -0.210. The second-order valence-electron chi connectivity index (χ2n) is 6.86. The fraction of sp³-hybridized carbons (Fsp3) is 0.0476. The molecule has 3 aromatic heterocycles. The van der Waals surface area contributed by atoms with Crippen LogP contribution in [0.4, 0.5) is 10.2 Å². The number of carbonyl (C=O) groups is 1. The quantitative estimate of drug-likeness (QED) is 0.443. The van der Waals surface area contributed by atoms with Crippen molar-refractivity contribution in [3.05, 3.63) is 65.5 Å². The van der Waals surface area contributed by atoms with Gasteiger partial charge in [0.2, 0.25) is 0 Å². The number of imidazole rings is 2. The van der Waals surface area contributed by atoms with E-state index in [1.54, 1.807) is 35.1 Å². The molecule has 0 atom stereocenters. The second-order valence-corrected chi connectivity index (χ2v) is 7.27. The van der Waals surface area contributed by atoms with Crippen LogP contribution >= 0.6 is 11.6 Å². The highest BCUT2D eigenvalue weighted by Crippen LogP contribution is 2.36. The molecular weight excluding hydrogens is 407 g/mol. The molecule has 0 saturated heterocycles. The molecule has 2 N–H and O–H groups in total. The monoisotopic (exact) mass is 420 g/mol. The average molecular weight is 421 g/mol. The lowest BCUT2D eigenvalue weighted by atomic mass is 10.0. The number of halogens is 2. The average Bonchev–Trinajstić information content (AvgIpc) is 3.33. The van der Waals surface area contributed by atoms with Crippen LogP contribution in [0.1, 0.15) is 10.5 Å². The molecule has 0 fully saturated rings. The Hall–Kier alpha value is -3.78. The highest BCUT2D eigenvalue weighted by Gasteiger charge is 2.20. The summed E-state index contributed by atoms with van der Waals surface area (Å²) in [6.45, 7) is 0. The van der Waals surface area contributed by atoms with Crippen LogP contribution in [-0.4, -0.2) is 30.2 Å². The number of benzene rings is 2. The molecule has 3 heterocycles. The fourth-order valence-electron chi connectivity index (χ4n) is 3.55. The Labute approximate surface area is 174 Å². The molecule has 9 heteroatoms. The highest BCUT2D eigenvalue weighted by atomic mass is 35.5. The molecule has 0 saturated carbocycles. The molecule has 0 unspecified atom stereocenters. The van der Waals surface area contributed by atoms with Gasteiger partial charge in [-0.1, -0.05) is 11.6 Å². The third-order valence-electron chi connectivity index (χ3n) is 4.95. The molecule has 30 heavy (non-hydrogen) atoms. The molecule has 0 aliphatic heterocycles. The maximum atomic E-state index is 13.5. The van der Waals surface area contributed by atoms with Crippen molar-refractivity contribution in [3.63, 3.8) is 0 Å². The van der Waals surface area contributed by atoms with Gasteiger partial charge in [-0.15, -0.1) is 0 Å². The highest BCUT2D eigenvalue weighted by molar-refractivity contribution is 6.35. The van der Waals surface area contributed by atoms with Gasteiger partial charge < -0.3 is 10.3 Å². The van der Waals surface area contributed by atoms with Gasteiger partial charge in [-0.2, -0.15) is 0 Å². The van der Waals surface area contributed by atoms with Crippen molar-refractivity contribution in [1.82, 2.24) is 23.9 Å². The molecular formula is C21H14ClFN6O. The zero-order chi connectivity index (χ0) is 21.0. The molecule has 5 aromatic rings. The van der Waals surface area contributed by atoms with Crippen molar-refractivity contribution < 1.29 is 9.18 Å². The zero-order valence-corrected chi connectivity index (χ0v) is 16.4. The van der Waals surface area contributed by atoms with Gasteiger partial charge in [0.15, 0.2) is 17.8 Å². The smallest absolute Gasteiger partial charge is 0.181 e. The number of aldehydes is 1. The van der Waals surface area contributed by atoms with Crippen LogP contribution in [0.25, 0.3) is 39.2 Å². The summed E-state index contributed by atoms with van der Waals surface area (Å²) < 4.78 is 17.1. The van der Waals surface area contributed by atoms with Crippen molar-refractivity contribution in [2.24, 2.45) is 7.05 Å². The number of fused-ring (bicyclic) bond motifs is 2.